The van der Waals surface area contributed by atoms with Gasteiger partial charge in [-0.25, -0.2) is 4.98 Å². The van der Waals surface area contributed by atoms with Crippen LogP contribution >= 0.6 is 0 Å². The fourth-order valence-electron chi connectivity index (χ4n) is 1.86. The van der Waals surface area contributed by atoms with Gasteiger partial charge in [-0.05, 0) is 23.6 Å². The molecule has 0 unspecified atom stereocenters. The second-order valence-corrected chi connectivity index (χ2v) is 4.04. The summed E-state index contributed by atoms with van der Waals surface area (Å²) in [5.74, 6) is 0.238. The minimum atomic E-state index is 0.0199. The Morgan fingerprint density at radius 3 is 2.58 bits per heavy atom. The monoisotopic (exact) mass is 249 g/mol. The SMILES string of the molecule is Oc1cccnc1N=Nc1cccc2ccccc12. The average Bonchev–Trinajstić information content (AvgIpc) is 2.46. The Morgan fingerprint density at radius 2 is 1.68 bits per heavy atom. The van der Waals surface area contributed by atoms with Crippen molar-refractivity contribution in [2.45, 2.75) is 0 Å². The van der Waals surface area contributed by atoms with Gasteiger partial charge in [-0.3, -0.25) is 0 Å². The molecule has 0 aliphatic heterocycles. The molecule has 3 rings (SSSR count). The summed E-state index contributed by atoms with van der Waals surface area (Å²) in [6, 6.07) is 17.0. The predicted octanol–water partition coefficient (Wildman–Crippen LogP) is 4.36. The first kappa shape index (κ1) is 11.3. The quantitative estimate of drug-likeness (QED) is 0.686. The molecule has 0 atom stereocenters. The molecule has 0 amide bonds. The molecule has 3 aromatic rings. The Bertz CT molecular complexity index is 748. The van der Waals surface area contributed by atoms with E-state index >= 15 is 0 Å². The number of nitrogens with zero attached hydrogens (tertiary/aromatic N) is 3. The van der Waals surface area contributed by atoms with Crippen LogP contribution in [0.25, 0.3) is 10.8 Å². The van der Waals surface area contributed by atoms with E-state index in [0.717, 1.165) is 16.5 Å². The summed E-state index contributed by atoms with van der Waals surface area (Å²) in [6.45, 7) is 0. The molecule has 19 heavy (non-hydrogen) atoms. The van der Waals surface area contributed by atoms with E-state index in [0.29, 0.717) is 0 Å². The van der Waals surface area contributed by atoms with Crippen molar-refractivity contribution < 1.29 is 5.11 Å². The first-order valence-corrected chi connectivity index (χ1v) is 5.88. The van der Waals surface area contributed by atoms with Gasteiger partial charge in [0, 0.05) is 11.6 Å². The molecule has 0 saturated carbocycles. The summed E-state index contributed by atoms with van der Waals surface area (Å²) >= 11 is 0. The van der Waals surface area contributed by atoms with Gasteiger partial charge in [-0.2, -0.15) is 0 Å². The van der Waals surface area contributed by atoms with Gasteiger partial charge in [0.25, 0.3) is 0 Å². The number of azo groups is 1. The second kappa shape index (κ2) is 4.86. The van der Waals surface area contributed by atoms with Gasteiger partial charge in [0.1, 0.15) is 0 Å². The van der Waals surface area contributed by atoms with Crippen molar-refractivity contribution in [3.05, 3.63) is 60.8 Å². The van der Waals surface area contributed by atoms with Crippen LogP contribution in [-0.4, -0.2) is 10.1 Å². The summed E-state index contributed by atoms with van der Waals surface area (Å²) in [7, 11) is 0. The zero-order valence-corrected chi connectivity index (χ0v) is 10.1. The Hall–Kier alpha value is -2.75. The second-order valence-electron chi connectivity index (χ2n) is 4.04. The standard InChI is InChI=1S/C15H11N3O/c19-14-9-4-10-16-15(14)18-17-13-8-3-6-11-5-1-2-7-12(11)13/h1-10,19H. The molecular weight excluding hydrogens is 238 g/mol. The molecule has 0 fully saturated rings. The molecule has 1 aromatic heterocycles. The summed E-state index contributed by atoms with van der Waals surface area (Å²) in [6.07, 6.45) is 1.57. The van der Waals surface area contributed by atoms with Crippen LogP contribution in [-0.2, 0) is 0 Å². The fraction of sp³-hybridized carbons (Fsp3) is 0. The summed E-state index contributed by atoms with van der Waals surface area (Å²) in [5, 5.41) is 19.9. The molecule has 0 bridgehead atoms. The number of fused-ring (bicyclic) bond motifs is 1. The van der Waals surface area contributed by atoms with Gasteiger partial charge in [0.05, 0.1) is 5.69 Å². The van der Waals surface area contributed by atoms with Crippen LogP contribution in [0.2, 0.25) is 0 Å². The van der Waals surface area contributed by atoms with Crippen LogP contribution in [0.15, 0.2) is 71.0 Å². The van der Waals surface area contributed by atoms with E-state index < -0.39 is 0 Å². The highest BCUT2D eigenvalue weighted by Gasteiger charge is 2.01. The van der Waals surface area contributed by atoms with Gasteiger partial charge < -0.3 is 5.11 Å². The molecule has 4 nitrogen and oxygen atoms in total. The number of hydrogen-bond donors (Lipinski definition) is 1. The first-order valence-electron chi connectivity index (χ1n) is 5.88. The van der Waals surface area contributed by atoms with Crippen molar-refractivity contribution in [1.29, 1.82) is 0 Å². The Labute approximate surface area is 110 Å². The zero-order chi connectivity index (χ0) is 13.1. The maximum atomic E-state index is 9.59. The van der Waals surface area contributed by atoms with E-state index in [2.05, 4.69) is 15.2 Å². The Kier molecular flexibility index (Phi) is 2.90. The summed E-state index contributed by atoms with van der Waals surface area (Å²) < 4.78 is 0. The van der Waals surface area contributed by atoms with E-state index in [9.17, 15) is 5.11 Å². The molecular formula is C15H11N3O. The largest absolute Gasteiger partial charge is 0.504 e. The Balaban J connectivity index is 2.04. The molecule has 1 heterocycles. The summed E-state index contributed by atoms with van der Waals surface area (Å²) in [4.78, 5) is 3.96. The van der Waals surface area contributed by atoms with Crippen LogP contribution < -0.4 is 0 Å². The maximum absolute atomic E-state index is 9.59. The summed E-state index contributed by atoms with van der Waals surface area (Å²) in [5.41, 5.74) is 0.753. The van der Waals surface area contributed by atoms with Crippen LogP contribution in [0.3, 0.4) is 0 Å². The predicted molar refractivity (Wildman–Crippen MR) is 74.0 cm³/mol. The lowest BCUT2D eigenvalue weighted by Gasteiger charge is -2.00. The number of benzene rings is 2. The van der Waals surface area contributed by atoms with Crippen molar-refractivity contribution in [1.82, 2.24) is 4.98 Å². The third kappa shape index (κ3) is 2.28. The highest BCUT2D eigenvalue weighted by molar-refractivity contribution is 5.92. The van der Waals surface area contributed by atoms with Crippen LogP contribution in [0.1, 0.15) is 0 Å². The van der Waals surface area contributed by atoms with Gasteiger partial charge in [0.15, 0.2) is 5.75 Å². The smallest absolute Gasteiger partial charge is 0.216 e. The number of rotatable bonds is 2. The zero-order valence-electron chi connectivity index (χ0n) is 10.1. The van der Waals surface area contributed by atoms with E-state index in [4.69, 9.17) is 0 Å². The van der Waals surface area contributed by atoms with E-state index in [-0.39, 0.29) is 11.6 Å². The van der Waals surface area contributed by atoms with Crippen LogP contribution in [0.5, 0.6) is 5.75 Å². The van der Waals surface area contributed by atoms with Crippen molar-refractivity contribution in [2.24, 2.45) is 10.2 Å². The molecule has 4 heteroatoms. The fourth-order valence-corrected chi connectivity index (χ4v) is 1.86. The minimum absolute atomic E-state index is 0.0199. The van der Waals surface area contributed by atoms with Gasteiger partial charge in [-0.1, -0.05) is 36.4 Å². The normalized spacial score (nSPS) is 11.2. The number of hydrogen-bond acceptors (Lipinski definition) is 4. The van der Waals surface area contributed by atoms with E-state index in [1.165, 1.54) is 6.07 Å². The highest BCUT2D eigenvalue weighted by Crippen LogP contribution is 2.29. The van der Waals surface area contributed by atoms with Crippen molar-refractivity contribution in [2.75, 3.05) is 0 Å². The first-order chi connectivity index (χ1) is 9.34. The van der Waals surface area contributed by atoms with Crippen molar-refractivity contribution in [3.63, 3.8) is 0 Å². The lowest BCUT2D eigenvalue weighted by molar-refractivity contribution is 0.474. The topological polar surface area (TPSA) is 57.8 Å². The average molecular weight is 249 g/mol. The molecule has 0 spiro atoms. The van der Waals surface area contributed by atoms with E-state index in [1.54, 1.807) is 12.3 Å². The van der Waals surface area contributed by atoms with Gasteiger partial charge in [-0.15, -0.1) is 10.2 Å². The van der Waals surface area contributed by atoms with Crippen molar-refractivity contribution >= 4 is 22.3 Å². The molecule has 0 aliphatic rings. The van der Waals surface area contributed by atoms with Crippen LogP contribution in [0, 0.1) is 0 Å². The molecule has 1 N–H and O–H groups in total. The van der Waals surface area contributed by atoms with E-state index in [1.807, 2.05) is 42.5 Å². The molecule has 0 radical (unpaired) electrons. The lowest BCUT2D eigenvalue weighted by atomic mass is 10.1. The highest BCUT2D eigenvalue weighted by atomic mass is 16.3. The molecule has 0 aliphatic carbocycles. The van der Waals surface area contributed by atoms with Gasteiger partial charge >= 0.3 is 0 Å². The van der Waals surface area contributed by atoms with Gasteiger partial charge in [0.2, 0.25) is 5.82 Å². The third-order valence-corrected chi connectivity index (χ3v) is 2.79. The molecule has 2 aromatic carbocycles. The lowest BCUT2D eigenvalue weighted by Crippen LogP contribution is -1.74. The molecule has 92 valence electrons. The van der Waals surface area contributed by atoms with Crippen molar-refractivity contribution in [3.8, 4) is 5.75 Å². The maximum Gasteiger partial charge on any atom is 0.216 e. The Morgan fingerprint density at radius 1 is 0.842 bits per heavy atom. The third-order valence-electron chi connectivity index (χ3n) is 2.79. The molecule has 0 saturated heterocycles. The minimum Gasteiger partial charge on any atom is -0.504 e. The number of aromatic nitrogens is 1. The number of aromatic hydroxyl groups is 1. The van der Waals surface area contributed by atoms with Crippen LogP contribution in [0.4, 0.5) is 11.5 Å². The number of pyridine rings is 1.